The van der Waals surface area contributed by atoms with E-state index in [1.54, 1.807) is 0 Å². The van der Waals surface area contributed by atoms with E-state index in [0.717, 1.165) is 42.7 Å². The fraction of sp³-hybridized carbons (Fsp3) is 0.0500. The lowest BCUT2D eigenvalue weighted by molar-refractivity contribution is -0.137. The van der Waals surface area contributed by atoms with Gasteiger partial charge in [0.15, 0.2) is 0 Å². The molecule has 0 fully saturated rings. The molecule has 0 aliphatic carbocycles. The summed E-state index contributed by atoms with van der Waals surface area (Å²) in [6.45, 7) is 0. The zero-order chi connectivity index (χ0) is 24.4. The van der Waals surface area contributed by atoms with E-state index >= 15 is 0 Å². The SMILES string of the molecule is N=Cc1cnc(NC(=O)c2c(F)cccc2Cl)cc1NS(=O)(=O)c1cccc(C(F)(F)F)c1. The van der Waals surface area contributed by atoms with E-state index in [9.17, 15) is 30.8 Å². The molecule has 0 radical (unpaired) electrons. The predicted molar refractivity (Wildman–Crippen MR) is 114 cm³/mol. The zero-order valence-corrected chi connectivity index (χ0v) is 17.8. The first kappa shape index (κ1) is 24.1. The molecule has 0 atom stereocenters. The lowest BCUT2D eigenvalue weighted by atomic mass is 10.2. The molecule has 33 heavy (non-hydrogen) atoms. The normalized spacial score (nSPS) is 11.7. The Balaban J connectivity index is 1.93. The lowest BCUT2D eigenvalue weighted by Gasteiger charge is -2.14. The summed E-state index contributed by atoms with van der Waals surface area (Å²) in [5.74, 6) is -2.10. The topological polar surface area (TPSA) is 112 Å². The van der Waals surface area contributed by atoms with Gasteiger partial charge in [-0.1, -0.05) is 23.7 Å². The van der Waals surface area contributed by atoms with Crippen molar-refractivity contribution in [3.05, 3.63) is 82.3 Å². The number of carbonyl (C=O) groups excluding carboxylic acids is 1. The Kier molecular flexibility index (Phi) is 6.70. The van der Waals surface area contributed by atoms with Gasteiger partial charge in [-0.25, -0.2) is 17.8 Å². The minimum Gasteiger partial charge on any atom is -0.308 e. The first-order chi connectivity index (χ1) is 15.4. The molecule has 1 aromatic heterocycles. The Hall–Kier alpha value is -3.51. The molecule has 2 aromatic carbocycles. The Bertz CT molecular complexity index is 1330. The van der Waals surface area contributed by atoms with Crippen LogP contribution < -0.4 is 10.0 Å². The van der Waals surface area contributed by atoms with Crippen molar-refractivity contribution in [2.24, 2.45) is 0 Å². The van der Waals surface area contributed by atoms with Crippen molar-refractivity contribution in [1.82, 2.24) is 4.98 Å². The summed E-state index contributed by atoms with van der Waals surface area (Å²) < 4.78 is 80.2. The second-order valence-corrected chi connectivity index (χ2v) is 8.57. The highest BCUT2D eigenvalue weighted by Crippen LogP contribution is 2.31. The van der Waals surface area contributed by atoms with Crippen LogP contribution in [-0.2, 0) is 16.2 Å². The molecule has 172 valence electrons. The van der Waals surface area contributed by atoms with Crippen molar-refractivity contribution in [2.75, 3.05) is 10.0 Å². The maximum Gasteiger partial charge on any atom is 0.416 e. The van der Waals surface area contributed by atoms with E-state index in [1.807, 2.05) is 0 Å². The van der Waals surface area contributed by atoms with Crippen LogP contribution in [-0.4, -0.2) is 25.5 Å². The van der Waals surface area contributed by atoms with Crippen LogP contribution in [0.15, 0.2) is 59.6 Å². The van der Waals surface area contributed by atoms with Crippen molar-refractivity contribution in [3.8, 4) is 0 Å². The summed E-state index contributed by atoms with van der Waals surface area (Å²) >= 11 is 5.85. The number of halogens is 5. The quantitative estimate of drug-likeness (QED) is 0.328. The third-order valence-electron chi connectivity index (χ3n) is 4.24. The molecule has 3 N–H and O–H groups in total. The maximum atomic E-state index is 14.0. The van der Waals surface area contributed by atoms with Gasteiger partial charge in [0.1, 0.15) is 11.6 Å². The minimum absolute atomic E-state index is 0.0486. The Morgan fingerprint density at radius 3 is 2.45 bits per heavy atom. The van der Waals surface area contributed by atoms with Gasteiger partial charge in [0.2, 0.25) is 0 Å². The number of pyridine rings is 1. The highest BCUT2D eigenvalue weighted by molar-refractivity contribution is 7.92. The third-order valence-corrected chi connectivity index (χ3v) is 5.92. The summed E-state index contributed by atoms with van der Waals surface area (Å²) in [4.78, 5) is 15.6. The number of sulfonamides is 1. The largest absolute Gasteiger partial charge is 0.416 e. The van der Waals surface area contributed by atoms with Crippen molar-refractivity contribution in [1.29, 1.82) is 5.41 Å². The minimum atomic E-state index is -4.76. The maximum absolute atomic E-state index is 14.0. The van der Waals surface area contributed by atoms with Gasteiger partial charge in [0.05, 0.1) is 26.7 Å². The number of hydrogen-bond donors (Lipinski definition) is 3. The molecule has 13 heteroatoms. The second-order valence-electron chi connectivity index (χ2n) is 6.48. The molecule has 1 heterocycles. The molecule has 0 unspecified atom stereocenters. The van der Waals surface area contributed by atoms with Gasteiger partial charge >= 0.3 is 6.18 Å². The van der Waals surface area contributed by atoms with Crippen LogP contribution in [0.2, 0.25) is 5.02 Å². The number of hydrogen-bond acceptors (Lipinski definition) is 5. The van der Waals surface area contributed by atoms with Crippen LogP contribution in [0.1, 0.15) is 21.5 Å². The molecular weight excluding hydrogens is 488 g/mol. The summed E-state index contributed by atoms with van der Waals surface area (Å²) in [5.41, 5.74) is -1.94. The molecule has 0 saturated heterocycles. The number of alkyl halides is 3. The Morgan fingerprint density at radius 1 is 1.12 bits per heavy atom. The number of rotatable bonds is 6. The van der Waals surface area contributed by atoms with Crippen molar-refractivity contribution < 1.29 is 30.8 Å². The molecule has 7 nitrogen and oxygen atoms in total. The van der Waals surface area contributed by atoms with Gasteiger partial charge in [-0.2, -0.15) is 13.2 Å². The van der Waals surface area contributed by atoms with Crippen LogP contribution >= 0.6 is 11.6 Å². The van der Waals surface area contributed by atoms with Gasteiger partial charge in [-0.05, 0) is 30.3 Å². The predicted octanol–water partition coefficient (Wildman–Crippen LogP) is 4.94. The molecular formula is C20H13ClF4N4O3S. The highest BCUT2D eigenvalue weighted by atomic mass is 35.5. The number of nitrogens with one attached hydrogen (secondary N) is 3. The molecule has 1 amide bonds. The average molecular weight is 501 g/mol. The number of benzene rings is 2. The molecule has 0 aliphatic heterocycles. The van der Waals surface area contributed by atoms with Crippen LogP contribution in [0, 0.1) is 11.2 Å². The van der Waals surface area contributed by atoms with Gasteiger partial charge in [0.25, 0.3) is 15.9 Å². The molecule has 0 saturated carbocycles. The zero-order valence-electron chi connectivity index (χ0n) is 16.2. The summed E-state index contributed by atoms with van der Waals surface area (Å²) in [6, 6.07) is 7.70. The van der Waals surface area contributed by atoms with Crippen molar-refractivity contribution in [2.45, 2.75) is 11.1 Å². The number of anilines is 2. The summed E-state index contributed by atoms with van der Waals surface area (Å²) in [7, 11) is -4.51. The van der Waals surface area contributed by atoms with Crippen LogP contribution in [0.3, 0.4) is 0 Å². The van der Waals surface area contributed by atoms with Gasteiger partial charge < -0.3 is 10.7 Å². The average Bonchev–Trinajstić information content (AvgIpc) is 2.73. The van der Waals surface area contributed by atoms with Crippen molar-refractivity contribution in [3.63, 3.8) is 0 Å². The number of nitrogens with zero attached hydrogens (tertiary/aromatic N) is 1. The van der Waals surface area contributed by atoms with Gasteiger partial charge in [0, 0.05) is 24.0 Å². The molecule has 3 rings (SSSR count). The number of aromatic nitrogens is 1. The van der Waals surface area contributed by atoms with Gasteiger partial charge in [-0.3, -0.25) is 9.52 Å². The van der Waals surface area contributed by atoms with E-state index in [2.05, 4.69) is 15.0 Å². The van der Waals surface area contributed by atoms with E-state index in [0.29, 0.717) is 6.07 Å². The standard InChI is InChI=1S/C20H13ClF4N4O3S/c21-14-5-2-6-15(22)18(14)19(30)28-17-8-16(11(9-26)10-27-17)29-33(31,32)13-4-1-3-12(7-13)20(23,24)25/h1-10,26H,(H2,27,28,29,30). The monoisotopic (exact) mass is 500 g/mol. The van der Waals surface area contributed by atoms with E-state index in [1.165, 1.54) is 12.1 Å². The second kappa shape index (κ2) is 9.16. The van der Waals surface area contributed by atoms with Gasteiger partial charge in [-0.15, -0.1) is 0 Å². The molecule has 0 aliphatic rings. The van der Waals surface area contributed by atoms with Crippen LogP contribution in [0.5, 0.6) is 0 Å². The van der Waals surface area contributed by atoms with Crippen LogP contribution in [0.25, 0.3) is 0 Å². The van der Waals surface area contributed by atoms with E-state index in [4.69, 9.17) is 17.0 Å². The first-order valence-corrected chi connectivity index (χ1v) is 10.7. The summed E-state index contributed by atoms with van der Waals surface area (Å²) in [5, 5.41) is 9.49. The summed E-state index contributed by atoms with van der Waals surface area (Å²) in [6.07, 6.45) is -2.97. The number of amides is 1. The fourth-order valence-electron chi connectivity index (χ4n) is 2.67. The van der Waals surface area contributed by atoms with Crippen molar-refractivity contribution >= 4 is 45.3 Å². The highest BCUT2D eigenvalue weighted by Gasteiger charge is 2.31. The fourth-order valence-corrected chi connectivity index (χ4v) is 4.05. The van der Waals surface area contributed by atoms with E-state index in [-0.39, 0.29) is 22.1 Å². The third kappa shape index (κ3) is 5.46. The lowest BCUT2D eigenvalue weighted by Crippen LogP contribution is -2.18. The molecule has 3 aromatic rings. The number of carbonyl (C=O) groups is 1. The Labute approximate surface area is 190 Å². The molecule has 0 spiro atoms. The Morgan fingerprint density at radius 2 is 1.82 bits per heavy atom. The van der Waals surface area contributed by atoms with E-state index < -0.39 is 43.9 Å². The first-order valence-electron chi connectivity index (χ1n) is 8.88. The van der Waals surface area contributed by atoms with Crippen LogP contribution in [0.4, 0.5) is 29.1 Å². The molecule has 0 bridgehead atoms. The smallest absolute Gasteiger partial charge is 0.308 e.